The monoisotopic (exact) mass is 248 g/mol. The minimum atomic E-state index is -2.70. The molecule has 0 N–H and O–H groups in total. The van der Waals surface area contributed by atoms with E-state index in [-0.39, 0.29) is 6.42 Å². The minimum Gasteiger partial charge on any atom is -0.466 e. The average Bonchev–Trinajstić information content (AvgIpc) is 2.22. The second kappa shape index (κ2) is 5.98. The topological polar surface area (TPSA) is 52.6 Å². The molecule has 0 aromatic rings. The number of alkyl halides is 1. The van der Waals surface area contributed by atoms with Crippen molar-refractivity contribution >= 4 is 11.9 Å². The van der Waals surface area contributed by atoms with Crippen LogP contribution in [0.25, 0.3) is 0 Å². The molecule has 0 aliphatic heterocycles. The van der Waals surface area contributed by atoms with Crippen LogP contribution in [0.2, 0.25) is 0 Å². The maximum absolute atomic E-state index is 14.3. The third-order valence-corrected chi connectivity index (χ3v) is 2.11. The Labute approximate surface area is 101 Å². The SMILES string of the molecule is CCCC[C@](F)(C(=O)OC)C(=O)OC(C)(C)C. The molecule has 0 aliphatic rings. The van der Waals surface area contributed by atoms with E-state index in [0.717, 1.165) is 7.11 Å². The predicted molar refractivity (Wildman–Crippen MR) is 61.2 cm³/mol. The highest BCUT2D eigenvalue weighted by atomic mass is 19.1. The van der Waals surface area contributed by atoms with Crippen LogP contribution in [0.1, 0.15) is 47.0 Å². The normalized spacial score (nSPS) is 14.9. The van der Waals surface area contributed by atoms with Gasteiger partial charge in [-0.2, -0.15) is 0 Å². The van der Waals surface area contributed by atoms with E-state index in [1.807, 2.05) is 6.92 Å². The van der Waals surface area contributed by atoms with Crippen LogP contribution in [0.3, 0.4) is 0 Å². The highest BCUT2D eigenvalue weighted by Gasteiger charge is 2.50. The van der Waals surface area contributed by atoms with Crippen molar-refractivity contribution in [3.63, 3.8) is 0 Å². The van der Waals surface area contributed by atoms with E-state index in [4.69, 9.17) is 4.74 Å². The standard InChI is InChI=1S/C12H21FO4/c1-6-7-8-12(13,9(14)16-5)10(15)17-11(2,3)4/h6-8H2,1-5H3/t12-/m0/s1. The van der Waals surface area contributed by atoms with Crippen molar-refractivity contribution in [2.24, 2.45) is 0 Å². The van der Waals surface area contributed by atoms with E-state index in [0.29, 0.717) is 12.8 Å². The first-order valence-corrected chi connectivity index (χ1v) is 5.68. The van der Waals surface area contributed by atoms with Gasteiger partial charge in [0, 0.05) is 6.42 Å². The lowest BCUT2D eigenvalue weighted by Gasteiger charge is -2.26. The molecule has 0 aliphatic carbocycles. The van der Waals surface area contributed by atoms with Gasteiger partial charge >= 0.3 is 17.6 Å². The Morgan fingerprint density at radius 2 is 1.71 bits per heavy atom. The zero-order valence-corrected chi connectivity index (χ0v) is 11.1. The fourth-order valence-electron chi connectivity index (χ4n) is 1.23. The molecule has 0 saturated carbocycles. The van der Waals surface area contributed by atoms with Crippen molar-refractivity contribution in [3.8, 4) is 0 Å². The lowest BCUT2D eigenvalue weighted by Crippen LogP contribution is -2.47. The third kappa shape index (κ3) is 4.71. The maximum atomic E-state index is 14.3. The number of carbonyl (C=O) groups is 2. The van der Waals surface area contributed by atoms with E-state index in [2.05, 4.69) is 4.74 Å². The summed E-state index contributed by atoms with van der Waals surface area (Å²) in [7, 11) is 1.05. The van der Waals surface area contributed by atoms with Crippen LogP contribution >= 0.6 is 0 Å². The fourth-order valence-corrected chi connectivity index (χ4v) is 1.23. The van der Waals surface area contributed by atoms with Gasteiger partial charge < -0.3 is 9.47 Å². The van der Waals surface area contributed by atoms with Gasteiger partial charge in [0.2, 0.25) is 0 Å². The summed E-state index contributed by atoms with van der Waals surface area (Å²) < 4.78 is 23.6. The van der Waals surface area contributed by atoms with Crippen LogP contribution < -0.4 is 0 Å². The van der Waals surface area contributed by atoms with Crippen LogP contribution in [0, 0.1) is 0 Å². The van der Waals surface area contributed by atoms with Gasteiger partial charge in [-0.05, 0) is 27.2 Å². The summed E-state index contributed by atoms with van der Waals surface area (Å²) in [6, 6.07) is 0. The molecule has 0 aromatic heterocycles. The molecule has 5 heteroatoms. The smallest absolute Gasteiger partial charge is 0.356 e. The number of hydrogen-bond donors (Lipinski definition) is 0. The molecule has 0 rings (SSSR count). The second-order valence-electron chi connectivity index (χ2n) is 4.90. The first-order chi connectivity index (χ1) is 7.67. The van der Waals surface area contributed by atoms with Crippen molar-refractivity contribution < 1.29 is 23.5 Å². The number of carbonyl (C=O) groups excluding carboxylic acids is 2. The zero-order valence-electron chi connectivity index (χ0n) is 11.1. The highest BCUT2D eigenvalue weighted by molar-refractivity contribution is 6.03. The van der Waals surface area contributed by atoms with E-state index in [9.17, 15) is 14.0 Å². The third-order valence-electron chi connectivity index (χ3n) is 2.11. The van der Waals surface area contributed by atoms with Gasteiger partial charge in [-0.3, -0.25) is 0 Å². The molecule has 0 bridgehead atoms. The van der Waals surface area contributed by atoms with E-state index < -0.39 is 23.2 Å². The van der Waals surface area contributed by atoms with Crippen molar-refractivity contribution in [1.29, 1.82) is 0 Å². The maximum Gasteiger partial charge on any atom is 0.356 e. The molecule has 0 spiro atoms. The molecule has 100 valence electrons. The van der Waals surface area contributed by atoms with Crippen molar-refractivity contribution in [1.82, 2.24) is 0 Å². The molecule has 0 saturated heterocycles. The number of hydrogen-bond acceptors (Lipinski definition) is 4. The second-order valence-corrected chi connectivity index (χ2v) is 4.90. The van der Waals surface area contributed by atoms with Gasteiger partial charge in [0.05, 0.1) is 7.11 Å². The summed E-state index contributed by atoms with van der Waals surface area (Å²) in [6.45, 7) is 6.68. The number of halogens is 1. The average molecular weight is 248 g/mol. The van der Waals surface area contributed by atoms with E-state index >= 15 is 0 Å². The molecule has 0 heterocycles. The van der Waals surface area contributed by atoms with Crippen molar-refractivity contribution in [3.05, 3.63) is 0 Å². The lowest BCUT2D eigenvalue weighted by molar-refractivity contribution is -0.181. The Bertz CT molecular complexity index is 283. The molecule has 0 aromatic carbocycles. The predicted octanol–water partition coefficient (Wildman–Crippen LogP) is 2.40. The van der Waals surface area contributed by atoms with Gasteiger partial charge in [0.15, 0.2) is 0 Å². The number of ether oxygens (including phenoxy) is 2. The highest BCUT2D eigenvalue weighted by Crippen LogP contribution is 2.25. The number of esters is 2. The van der Waals surface area contributed by atoms with Crippen LogP contribution in [0.5, 0.6) is 0 Å². The summed E-state index contributed by atoms with van der Waals surface area (Å²) in [5.74, 6) is -2.37. The molecular weight excluding hydrogens is 227 g/mol. The van der Waals surface area contributed by atoms with Gasteiger partial charge in [0.25, 0.3) is 0 Å². The van der Waals surface area contributed by atoms with E-state index in [1.54, 1.807) is 20.8 Å². The molecule has 1 atom stereocenters. The van der Waals surface area contributed by atoms with Crippen molar-refractivity contribution in [2.45, 2.75) is 58.2 Å². The van der Waals surface area contributed by atoms with Crippen LogP contribution in [-0.4, -0.2) is 30.3 Å². The Morgan fingerprint density at radius 1 is 1.18 bits per heavy atom. The number of rotatable bonds is 5. The number of unbranched alkanes of at least 4 members (excludes halogenated alkanes) is 1. The summed E-state index contributed by atoms with van der Waals surface area (Å²) in [5.41, 5.74) is -3.54. The summed E-state index contributed by atoms with van der Waals surface area (Å²) in [4.78, 5) is 23.1. The van der Waals surface area contributed by atoms with Gasteiger partial charge in [-0.25, -0.2) is 14.0 Å². The van der Waals surface area contributed by atoms with Crippen LogP contribution in [0.15, 0.2) is 0 Å². The van der Waals surface area contributed by atoms with Crippen LogP contribution in [-0.2, 0) is 19.1 Å². The first-order valence-electron chi connectivity index (χ1n) is 5.68. The Balaban J connectivity index is 4.91. The van der Waals surface area contributed by atoms with E-state index in [1.165, 1.54) is 0 Å². The van der Waals surface area contributed by atoms with Crippen LogP contribution in [0.4, 0.5) is 4.39 Å². The summed E-state index contributed by atoms with van der Waals surface area (Å²) >= 11 is 0. The molecule has 17 heavy (non-hydrogen) atoms. The Kier molecular flexibility index (Phi) is 5.58. The quantitative estimate of drug-likeness (QED) is 0.553. The fraction of sp³-hybridized carbons (Fsp3) is 0.833. The first kappa shape index (κ1) is 15.9. The molecule has 0 amide bonds. The van der Waals surface area contributed by atoms with Crippen molar-refractivity contribution in [2.75, 3.05) is 7.11 Å². The molecular formula is C12H21FO4. The van der Waals surface area contributed by atoms with Gasteiger partial charge in [-0.15, -0.1) is 0 Å². The number of methoxy groups -OCH3 is 1. The van der Waals surface area contributed by atoms with Gasteiger partial charge in [-0.1, -0.05) is 13.3 Å². The molecule has 0 fully saturated rings. The zero-order chi connectivity index (χ0) is 13.7. The molecule has 0 radical (unpaired) electrons. The summed E-state index contributed by atoms with van der Waals surface area (Å²) in [5, 5.41) is 0. The summed E-state index contributed by atoms with van der Waals surface area (Å²) in [6.07, 6.45) is 0.862. The minimum absolute atomic E-state index is 0.217. The van der Waals surface area contributed by atoms with Gasteiger partial charge in [0.1, 0.15) is 5.60 Å². The molecule has 0 unspecified atom stereocenters. The Morgan fingerprint density at radius 3 is 2.06 bits per heavy atom. The molecule has 4 nitrogen and oxygen atoms in total. The lowest BCUT2D eigenvalue weighted by atomic mass is 9.98. The largest absolute Gasteiger partial charge is 0.466 e. The Hall–Kier alpha value is -1.13.